The number of fused-ring (bicyclic) bond motifs is 1. The number of likely N-dealkylation sites (N-methyl/N-ethyl adjacent to an activating group) is 1. The molecule has 2 heterocycles. The van der Waals surface area contributed by atoms with Crippen molar-refractivity contribution in [3.63, 3.8) is 0 Å². The van der Waals surface area contributed by atoms with Crippen LogP contribution in [0.4, 0.5) is 0 Å². The van der Waals surface area contributed by atoms with Crippen LogP contribution in [0.25, 0.3) is 10.2 Å². The van der Waals surface area contributed by atoms with Crippen LogP contribution in [-0.2, 0) is 0 Å². The molecule has 0 radical (unpaired) electrons. The largest absolute Gasteiger partial charge is 0.476 e. The number of aromatic nitrogens is 2. The van der Waals surface area contributed by atoms with E-state index < -0.39 is 0 Å². The summed E-state index contributed by atoms with van der Waals surface area (Å²) in [5.74, 6) is 0.593. The van der Waals surface area contributed by atoms with E-state index in [9.17, 15) is 0 Å². The third-order valence-electron chi connectivity index (χ3n) is 3.12. The zero-order chi connectivity index (χ0) is 12.5. The van der Waals surface area contributed by atoms with Crippen molar-refractivity contribution in [2.45, 2.75) is 18.9 Å². The first kappa shape index (κ1) is 12.1. The standard InChI is InChI=1S/C12H14ClN3OS/c1-16(8-2-3-8)5-6-17-10-9-4-7-18-11(9)15-12(13)14-10/h4,7-8H,2-3,5-6H2,1H3. The normalized spacial score (nSPS) is 15.5. The smallest absolute Gasteiger partial charge is 0.227 e. The highest BCUT2D eigenvalue weighted by molar-refractivity contribution is 7.16. The Hall–Kier alpha value is -0.910. The summed E-state index contributed by atoms with van der Waals surface area (Å²) in [7, 11) is 2.13. The first-order chi connectivity index (χ1) is 8.74. The molecule has 1 fully saturated rings. The first-order valence-corrected chi connectivity index (χ1v) is 7.23. The van der Waals surface area contributed by atoms with Crippen molar-refractivity contribution in [1.82, 2.24) is 14.9 Å². The Morgan fingerprint density at radius 2 is 2.33 bits per heavy atom. The highest BCUT2D eigenvalue weighted by Gasteiger charge is 2.25. The van der Waals surface area contributed by atoms with E-state index >= 15 is 0 Å². The summed E-state index contributed by atoms with van der Waals surface area (Å²) in [5.41, 5.74) is 0. The lowest BCUT2D eigenvalue weighted by atomic mass is 10.4. The maximum Gasteiger partial charge on any atom is 0.227 e. The van der Waals surface area contributed by atoms with Gasteiger partial charge in [-0.05, 0) is 42.9 Å². The van der Waals surface area contributed by atoms with Crippen LogP contribution in [0.15, 0.2) is 11.4 Å². The van der Waals surface area contributed by atoms with Crippen molar-refractivity contribution in [1.29, 1.82) is 0 Å². The van der Waals surface area contributed by atoms with Gasteiger partial charge in [-0.25, -0.2) is 4.98 Å². The number of nitrogens with zero attached hydrogens (tertiary/aromatic N) is 3. The van der Waals surface area contributed by atoms with Crippen LogP contribution >= 0.6 is 22.9 Å². The maximum atomic E-state index is 5.88. The summed E-state index contributed by atoms with van der Waals surface area (Å²) in [6.07, 6.45) is 2.62. The summed E-state index contributed by atoms with van der Waals surface area (Å²) < 4.78 is 5.74. The number of rotatable bonds is 5. The summed E-state index contributed by atoms with van der Waals surface area (Å²) in [6.45, 7) is 1.54. The third-order valence-corrected chi connectivity index (χ3v) is 4.09. The number of halogens is 1. The second-order valence-corrected chi connectivity index (χ2v) is 5.73. The molecule has 3 rings (SSSR count). The summed E-state index contributed by atoms with van der Waals surface area (Å²) in [6, 6.07) is 2.72. The zero-order valence-electron chi connectivity index (χ0n) is 10.1. The second kappa shape index (κ2) is 4.99. The molecule has 1 aliphatic rings. The van der Waals surface area contributed by atoms with Gasteiger partial charge in [-0.1, -0.05) is 0 Å². The fourth-order valence-electron chi connectivity index (χ4n) is 1.90. The summed E-state index contributed by atoms with van der Waals surface area (Å²) in [5, 5.41) is 3.16. The molecular formula is C12H14ClN3OS. The lowest BCUT2D eigenvalue weighted by Gasteiger charge is -2.15. The van der Waals surface area contributed by atoms with E-state index in [0.29, 0.717) is 12.5 Å². The van der Waals surface area contributed by atoms with Gasteiger partial charge < -0.3 is 9.64 Å². The molecule has 0 saturated heterocycles. The molecule has 0 unspecified atom stereocenters. The predicted octanol–water partition coefficient (Wildman–Crippen LogP) is 2.82. The van der Waals surface area contributed by atoms with Gasteiger partial charge in [0.05, 0.1) is 5.39 Å². The van der Waals surface area contributed by atoms with E-state index in [2.05, 4.69) is 21.9 Å². The van der Waals surface area contributed by atoms with Crippen LogP contribution in [-0.4, -0.2) is 41.1 Å². The molecule has 0 bridgehead atoms. The van der Waals surface area contributed by atoms with Gasteiger partial charge in [-0.15, -0.1) is 11.3 Å². The molecule has 2 aromatic rings. The zero-order valence-corrected chi connectivity index (χ0v) is 11.7. The quantitative estimate of drug-likeness (QED) is 0.791. The molecule has 4 nitrogen and oxygen atoms in total. The van der Waals surface area contributed by atoms with Crippen LogP contribution < -0.4 is 4.74 Å². The van der Waals surface area contributed by atoms with Gasteiger partial charge in [0.25, 0.3) is 0 Å². The molecule has 0 aromatic carbocycles. The second-order valence-electron chi connectivity index (χ2n) is 4.50. The minimum Gasteiger partial charge on any atom is -0.476 e. The Labute approximate surface area is 115 Å². The van der Waals surface area contributed by atoms with Crippen LogP contribution in [0.1, 0.15) is 12.8 Å². The van der Waals surface area contributed by atoms with E-state index in [1.54, 1.807) is 11.3 Å². The molecule has 6 heteroatoms. The van der Waals surface area contributed by atoms with Crippen molar-refractivity contribution in [3.05, 3.63) is 16.7 Å². The topological polar surface area (TPSA) is 38.2 Å². The first-order valence-electron chi connectivity index (χ1n) is 5.98. The molecule has 0 N–H and O–H groups in total. The van der Waals surface area contributed by atoms with Crippen molar-refractivity contribution < 1.29 is 4.74 Å². The predicted molar refractivity (Wildman–Crippen MR) is 73.6 cm³/mol. The molecule has 96 valence electrons. The molecule has 18 heavy (non-hydrogen) atoms. The molecule has 1 aliphatic carbocycles. The Morgan fingerprint density at radius 3 is 3.11 bits per heavy atom. The van der Waals surface area contributed by atoms with Crippen LogP contribution in [0, 0.1) is 0 Å². The fourth-order valence-corrected chi connectivity index (χ4v) is 2.86. The molecule has 0 aliphatic heterocycles. The SMILES string of the molecule is CN(CCOc1nc(Cl)nc2sccc12)C1CC1. The lowest BCUT2D eigenvalue weighted by Crippen LogP contribution is -2.26. The Kier molecular flexibility index (Phi) is 3.37. The Bertz CT molecular complexity index is 555. The van der Waals surface area contributed by atoms with Gasteiger partial charge in [-0.3, -0.25) is 0 Å². The number of thiophene rings is 1. The average molecular weight is 284 g/mol. The number of hydrogen-bond acceptors (Lipinski definition) is 5. The Balaban J connectivity index is 1.67. The van der Waals surface area contributed by atoms with Gasteiger partial charge in [0.1, 0.15) is 11.4 Å². The average Bonchev–Trinajstić information content (AvgIpc) is 3.08. The van der Waals surface area contributed by atoms with Gasteiger partial charge in [0.15, 0.2) is 0 Å². The lowest BCUT2D eigenvalue weighted by molar-refractivity contribution is 0.228. The summed E-state index contributed by atoms with van der Waals surface area (Å²) in [4.78, 5) is 11.5. The maximum absolute atomic E-state index is 5.88. The van der Waals surface area contributed by atoms with Gasteiger partial charge in [-0.2, -0.15) is 4.98 Å². The van der Waals surface area contributed by atoms with Crippen LogP contribution in [0.2, 0.25) is 5.28 Å². The van der Waals surface area contributed by atoms with Gasteiger partial charge in [0, 0.05) is 12.6 Å². The monoisotopic (exact) mass is 283 g/mol. The van der Waals surface area contributed by atoms with Crippen molar-refractivity contribution in [3.8, 4) is 5.88 Å². The van der Waals surface area contributed by atoms with Crippen molar-refractivity contribution in [2.75, 3.05) is 20.2 Å². The van der Waals surface area contributed by atoms with Crippen molar-refractivity contribution in [2.24, 2.45) is 0 Å². The van der Waals surface area contributed by atoms with Crippen LogP contribution in [0.3, 0.4) is 0 Å². The van der Waals surface area contributed by atoms with E-state index in [1.165, 1.54) is 12.8 Å². The highest BCUT2D eigenvalue weighted by atomic mass is 35.5. The molecule has 0 atom stereocenters. The molecule has 0 amide bonds. The minimum atomic E-state index is 0.246. The van der Waals surface area contributed by atoms with E-state index in [0.717, 1.165) is 22.8 Å². The number of hydrogen-bond donors (Lipinski definition) is 0. The van der Waals surface area contributed by atoms with Crippen LogP contribution in [0.5, 0.6) is 5.88 Å². The van der Waals surface area contributed by atoms with E-state index in [-0.39, 0.29) is 5.28 Å². The third kappa shape index (κ3) is 2.58. The molecule has 0 spiro atoms. The van der Waals surface area contributed by atoms with Gasteiger partial charge in [0.2, 0.25) is 11.2 Å². The summed E-state index contributed by atoms with van der Waals surface area (Å²) >= 11 is 7.42. The Morgan fingerprint density at radius 1 is 1.50 bits per heavy atom. The van der Waals surface area contributed by atoms with E-state index in [1.807, 2.05) is 11.4 Å². The molecule has 1 saturated carbocycles. The van der Waals surface area contributed by atoms with Gasteiger partial charge >= 0.3 is 0 Å². The molecule has 2 aromatic heterocycles. The molecular weight excluding hydrogens is 270 g/mol. The minimum absolute atomic E-state index is 0.246. The number of ether oxygens (including phenoxy) is 1. The fraction of sp³-hybridized carbons (Fsp3) is 0.500. The van der Waals surface area contributed by atoms with E-state index in [4.69, 9.17) is 16.3 Å². The highest BCUT2D eigenvalue weighted by Crippen LogP contribution is 2.28. The van der Waals surface area contributed by atoms with Crippen molar-refractivity contribution >= 4 is 33.2 Å².